The third-order valence-electron chi connectivity index (χ3n) is 5.27. The van der Waals surface area contributed by atoms with Gasteiger partial charge in [-0.1, -0.05) is 37.3 Å². The van der Waals surface area contributed by atoms with E-state index in [1.54, 1.807) is 0 Å². The van der Waals surface area contributed by atoms with Crippen LogP contribution >= 0.6 is 0 Å². The third kappa shape index (κ3) is 1.38. The van der Waals surface area contributed by atoms with Crippen molar-refractivity contribution in [1.82, 2.24) is 4.90 Å². The van der Waals surface area contributed by atoms with Crippen LogP contribution in [0.4, 0.5) is 0 Å². The molecule has 2 saturated carbocycles. The molecule has 1 heterocycles. The summed E-state index contributed by atoms with van der Waals surface area (Å²) >= 11 is 0. The molecule has 4 rings (SSSR count). The summed E-state index contributed by atoms with van der Waals surface area (Å²) in [6, 6.07) is 9.75. The van der Waals surface area contributed by atoms with E-state index >= 15 is 0 Å². The van der Waals surface area contributed by atoms with Crippen molar-refractivity contribution in [3.8, 4) is 0 Å². The van der Waals surface area contributed by atoms with Gasteiger partial charge in [0.1, 0.15) is 0 Å². The fraction of sp³-hybridized carbons (Fsp3) is 0.500. The Balaban J connectivity index is 1.55. The molecular formula is C16H17NO2. The van der Waals surface area contributed by atoms with Crippen molar-refractivity contribution in [2.75, 3.05) is 0 Å². The Bertz CT molecular complexity index is 539. The number of benzene rings is 1. The molecule has 2 aliphatic carbocycles. The average molecular weight is 255 g/mol. The molecule has 3 aliphatic rings. The molecule has 2 amide bonds. The summed E-state index contributed by atoms with van der Waals surface area (Å²) in [6.45, 7) is 2.57. The van der Waals surface area contributed by atoms with Gasteiger partial charge in [-0.05, 0) is 29.7 Å². The maximum atomic E-state index is 12.4. The molecule has 1 aliphatic heterocycles. The zero-order chi connectivity index (χ0) is 13.2. The monoisotopic (exact) mass is 255 g/mol. The fourth-order valence-corrected chi connectivity index (χ4v) is 3.93. The number of imide groups is 1. The molecule has 98 valence electrons. The van der Waals surface area contributed by atoms with Gasteiger partial charge < -0.3 is 0 Å². The number of carbonyl (C=O) groups excluding carboxylic acids is 2. The summed E-state index contributed by atoms with van der Waals surface area (Å²) in [4.78, 5) is 26.3. The van der Waals surface area contributed by atoms with Crippen molar-refractivity contribution in [2.45, 2.75) is 26.3 Å². The van der Waals surface area contributed by atoms with E-state index in [4.69, 9.17) is 0 Å². The van der Waals surface area contributed by atoms with Gasteiger partial charge in [-0.25, -0.2) is 0 Å². The predicted octanol–water partition coefficient (Wildman–Crippen LogP) is 2.22. The topological polar surface area (TPSA) is 37.4 Å². The molecule has 2 unspecified atom stereocenters. The molecule has 0 spiro atoms. The molecule has 3 nitrogen and oxygen atoms in total. The van der Waals surface area contributed by atoms with E-state index in [0.717, 1.165) is 5.56 Å². The maximum Gasteiger partial charge on any atom is 0.234 e. The number of fused-ring (bicyclic) bond motifs is 1. The summed E-state index contributed by atoms with van der Waals surface area (Å²) < 4.78 is 0. The van der Waals surface area contributed by atoms with Crippen LogP contribution in [-0.2, 0) is 16.1 Å². The summed E-state index contributed by atoms with van der Waals surface area (Å²) in [5.41, 5.74) is 1.03. The first-order chi connectivity index (χ1) is 9.14. The lowest BCUT2D eigenvalue weighted by molar-refractivity contribution is -0.144. The smallest absolute Gasteiger partial charge is 0.234 e. The van der Waals surface area contributed by atoms with Gasteiger partial charge >= 0.3 is 0 Å². The van der Waals surface area contributed by atoms with Crippen molar-refractivity contribution in [3.05, 3.63) is 35.9 Å². The molecule has 2 atom stereocenters. The van der Waals surface area contributed by atoms with Gasteiger partial charge in [-0.15, -0.1) is 0 Å². The summed E-state index contributed by atoms with van der Waals surface area (Å²) in [5.74, 6) is 0.711. The number of carbonyl (C=O) groups is 2. The van der Waals surface area contributed by atoms with Gasteiger partial charge in [-0.3, -0.25) is 14.5 Å². The lowest BCUT2D eigenvalue weighted by Crippen LogP contribution is -2.36. The minimum absolute atomic E-state index is 0.00134. The summed E-state index contributed by atoms with van der Waals surface area (Å²) in [7, 11) is 0. The molecule has 3 fully saturated rings. The van der Waals surface area contributed by atoms with Crippen LogP contribution < -0.4 is 0 Å². The number of hydrogen-bond donors (Lipinski definition) is 0. The highest BCUT2D eigenvalue weighted by Gasteiger charge is 2.78. The van der Waals surface area contributed by atoms with E-state index in [0.29, 0.717) is 12.5 Å². The molecule has 3 heteroatoms. The Morgan fingerprint density at radius 1 is 1.11 bits per heavy atom. The first-order valence-electron chi connectivity index (χ1n) is 7.03. The predicted molar refractivity (Wildman–Crippen MR) is 69.8 cm³/mol. The highest BCUT2D eigenvalue weighted by Crippen LogP contribution is 2.72. The van der Waals surface area contributed by atoms with E-state index in [1.807, 2.05) is 30.3 Å². The number of hydrogen-bond acceptors (Lipinski definition) is 2. The zero-order valence-electron chi connectivity index (χ0n) is 11.0. The Hall–Kier alpha value is -1.64. The number of nitrogens with zero attached hydrogens (tertiary/aromatic N) is 1. The Morgan fingerprint density at radius 2 is 1.68 bits per heavy atom. The summed E-state index contributed by atoms with van der Waals surface area (Å²) in [5, 5.41) is 0. The lowest BCUT2D eigenvalue weighted by Gasteiger charge is -2.22. The minimum atomic E-state index is -0.0174. The molecule has 0 bridgehead atoms. The summed E-state index contributed by atoms with van der Waals surface area (Å²) in [6.07, 6.45) is 2.39. The first-order valence-corrected chi connectivity index (χ1v) is 7.03. The molecule has 1 aromatic rings. The second kappa shape index (κ2) is 3.47. The Morgan fingerprint density at radius 3 is 2.21 bits per heavy atom. The van der Waals surface area contributed by atoms with Crippen molar-refractivity contribution in [2.24, 2.45) is 23.2 Å². The van der Waals surface area contributed by atoms with E-state index in [1.165, 1.54) is 17.7 Å². The third-order valence-corrected chi connectivity index (χ3v) is 5.27. The van der Waals surface area contributed by atoms with Crippen molar-refractivity contribution in [1.29, 1.82) is 0 Å². The van der Waals surface area contributed by atoms with Gasteiger partial charge in [0.05, 0.1) is 18.4 Å². The molecule has 19 heavy (non-hydrogen) atoms. The van der Waals surface area contributed by atoms with Crippen molar-refractivity contribution >= 4 is 11.8 Å². The average Bonchev–Trinajstić information content (AvgIpc) is 3.28. The normalized spacial score (nSPS) is 36.6. The van der Waals surface area contributed by atoms with Gasteiger partial charge in [0.15, 0.2) is 0 Å². The quantitative estimate of drug-likeness (QED) is 0.777. The van der Waals surface area contributed by atoms with Crippen LogP contribution in [0.3, 0.4) is 0 Å². The number of piperidine rings is 1. The maximum absolute atomic E-state index is 12.4. The largest absolute Gasteiger partial charge is 0.278 e. The molecular weight excluding hydrogens is 238 g/mol. The van der Waals surface area contributed by atoms with E-state index < -0.39 is 0 Å². The first kappa shape index (κ1) is 11.2. The zero-order valence-corrected chi connectivity index (χ0v) is 11.0. The van der Waals surface area contributed by atoms with E-state index in [2.05, 4.69) is 6.92 Å². The Kier molecular flexibility index (Phi) is 2.05. The molecule has 1 saturated heterocycles. The second-order valence-corrected chi connectivity index (χ2v) is 6.34. The number of likely N-dealkylation sites (tertiary alicyclic amines) is 1. The van der Waals surface area contributed by atoms with Gasteiger partial charge in [0.25, 0.3) is 0 Å². The standard InChI is InChI=1S/C16H17NO2/c1-16(11-7-8-11)12-13(16)15(19)17(14(12)18)9-10-5-3-2-4-6-10/h2-6,11-13H,7-9H2,1H3. The molecule has 0 N–H and O–H groups in total. The molecule has 0 aromatic heterocycles. The van der Waals surface area contributed by atoms with Gasteiger partial charge in [-0.2, -0.15) is 0 Å². The van der Waals surface area contributed by atoms with Crippen molar-refractivity contribution < 1.29 is 9.59 Å². The number of rotatable bonds is 3. The van der Waals surface area contributed by atoms with E-state index in [9.17, 15) is 9.59 Å². The highest BCUT2D eigenvalue weighted by molar-refractivity contribution is 6.10. The van der Waals surface area contributed by atoms with Crippen LogP contribution in [0, 0.1) is 23.2 Å². The van der Waals surface area contributed by atoms with Crippen LogP contribution in [-0.4, -0.2) is 16.7 Å². The van der Waals surface area contributed by atoms with Gasteiger partial charge in [0.2, 0.25) is 11.8 Å². The van der Waals surface area contributed by atoms with Gasteiger partial charge in [0, 0.05) is 0 Å². The van der Waals surface area contributed by atoms with Crippen LogP contribution in [0.25, 0.3) is 0 Å². The van der Waals surface area contributed by atoms with Crippen LogP contribution in [0.5, 0.6) is 0 Å². The highest BCUT2D eigenvalue weighted by atomic mass is 16.2. The molecule has 0 radical (unpaired) electrons. The molecule has 1 aromatic carbocycles. The number of amides is 2. The minimum Gasteiger partial charge on any atom is -0.278 e. The Labute approximate surface area is 112 Å². The van der Waals surface area contributed by atoms with Crippen LogP contribution in [0.2, 0.25) is 0 Å². The van der Waals surface area contributed by atoms with Crippen molar-refractivity contribution in [3.63, 3.8) is 0 Å². The second-order valence-electron chi connectivity index (χ2n) is 6.34. The lowest BCUT2D eigenvalue weighted by atomic mass is 9.95. The van der Waals surface area contributed by atoms with E-state index in [-0.39, 0.29) is 29.1 Å². The van der Waals surface area contributed by atoms with Crippen LogP contribution in [0.1, 0.15) is 25.3 Å². The SMILES string of the molecule is CC1(C2CC2)C2C(=O)N(Cc3ccccc3)C(=O)C21. The fourth-order valence-electron chi connectivity index (χ4n) is 3.93. The van der Waals surface area contributed by atoms with Crippen LogP contribution in [0.15, 0.2) is 30.3 Å².